The van der Waals surface area contributed by atoms with Crippen molar-refractivity contribution < 1.29 is 29.0 Å². The predicted octanol–water partition coefficient (Wildman–Crippen LogP) is 1.77. The van der Waals surface area contributed by atoms with E-state index in [4.69, 9.17) is 9.84 Å². The van der Waals surface area contributed by atoms with Crippen LogP contribution in [0.3, 0.4) is 0 Å². The Labute approximate surface area is 178 Å². The van der Waals surface area contributed by atoms with Crippen molar-refractivity contribution in [1.82, 2.24) is 10.6 Å². The molecule has 0 aliphatic rings. The second-order valence-corrected chi connectivity index (χ2v) is 7.39. The molecule has 160 valence electrons. The molecule has 0 aromatic heterocycles. The summed E-state index contributed by atoms with van der Waals surface area (Å²) in [7, 11) is 0. The number of alkyl halides is 1. The van der Waals surface area contributed by atoms with E-state index in [2.05, 4.69) is 26.6 Å². The van der Waals surface area contributed by atoms with Crippen LogP contribution in [0.2, 0.25) is 0 Å². The van der Waals surface area contributed by atoms with E-state index >= 15 is 0 Å². The van der Waals surface area contributed by atoms with E-state index in [9.17, 15) is 19.2 Å². The first-order chi connectivity index (χ1) is 13.7. The lowest BCUT2D eigenvalue weighted by molar-refractivity contribution is -0.140. The molecule has 0 heterocycles. The number of halogens is 1. The van der Waals surface area contributed by atoms with Crippen LogP contribution >= 0.6 is 15.9 Å². The summed E-state index contributed by atoms with van der Waals surface area (Å²) in [5, 5.41) is 14.0. The molecule has 0 radical (unpaired) electrons. The monoisotopic (exact) mass is 470 g/mol. The maximum atomic E-state index is 12.6. The summed E-state index contributed by atoms with van der Waals surface area (Å²) in [5.41, 5.74) is 0. The number of rotatable bonds is 13. The third-order valence-corrected chi connectivity index (χ3v) is 4.75. The lowest BCUT2D eigenvalue weighted by Gasteiger charge is -2.23. The molecule has 2 amide bonds. The number of carbonyl (C=O) groups is 4. The lowest BCUT2D eigenvalue weighted by Crippen LogP contribution is -2.47. The molecule has 8 nitrogen and oxygen atoms in total. The van der Waals surface area contributed by atoms with Gasteiger partial charge in [0.1, 0.15) is 12.4 Å². The molecule has 0 aliphatic carbocycles. The summed E-state index contributed by atoms with van der Waals surface area (Å²) in [6, 6.07) is 8.04. The van der Waals surface area contributed by atoms with Crippen molar-refractivity contribution in [2.24, 2.45) is 11.8 Å². The van der Waals surface area contributed by atoms with E-state index in [1.54, 1.807) is 13.8 Å². The normalized spacial score (nSPS) is 12.7. The second-order valence-electron chi connectivity index (χ2n) is 6.83. The average molecular weight is 471 g/mol. The molecule has 0 bridgehead atoms. The third kappa shape index (κ3) is 9.56. The summed E-state index contributed by atoms with van der Waals surface area (Å²) >= 11 is 2.98. The van der Waals surface area contributed by atoms with Gasteiger partial charge in [0.25, 0.3) is 0 Å². The number of nitrogens with one attached hydrogen (secondary N) is 2. The number of para-hydroxylation sites is 1. The molecule has 29 heavy (non-hydrogen) atoms. The standard InChI is InChI=1S/C20H27BrN2O6/c1-13(2)15(20(28)23-16(11-19(26)27)17(24)12-21)10-18(25)22-8-9-29-14-6-4-3-5-7-14/h3-7,13,15-16H,8-12H2,1-2H3,(H,22,25)(H,23,28)(H,26,27)/t15-,16-/m0/s1. The topological polar surface area (TPSA) is 122 Å². The van der Waals surface area contributed by atoms with Gasteiger partial charge in [0, 0.05) is 12.3 Å². The number of benzene rings is 1. The van der Waals surface area contributed by atoms with E-state index < -0.39 is 36.0 Å². The minimum atomic E-state index is -1.19. The van der Waals surface area contributed by atoms with Gasteiger partial charge in [-0.25, -0.2) is 0 Å². The lowest BCUT2D eigenvalue weighted by atomic mass is 9.90. The summed E-state index contributed by atoms with van der Waals surface area (Å²) < 4.78 is 5.49. The molecule has 0 saturated carbocycles. The Morgan fingerprint density at radius 3 is 2.31 bits per heavy atom. The molecule has 0 aliphatic heterocycles. The number of Topliss-reactive ketones (excluding diaryl/α,β-unsaturated/α-hetero) is 1. The molecular formula is C20H27BrN2O6. The van der Waals surface area contributed by atoms with E-state index in [0.29, 0.717) is 5.75 Å². The number of ketones is 1. The summed E-state index contributed by atoms with van der Waals surface area (Å²) in [4.78, 5) is 47.6. The van der Waals surface area contributed by atoms with Crippen molar-refractivity contribution in [1.29, 1.82) is 0 Å². The Morgan fingerprint density at radius 2 is 1.76 bits per heavy atom. The van der Waals surface area contributed by atoms with Crippen molar-refractivity contribution in [3.63, 3.8) is 0 Å². The summed E-state index contributed by atoms with van der Waals surface area (Å²) in [6.07, 6.45) is -0.582. The van der Waals surface area contributed by atoms with Crippen LogP contribution in [-0.4, -0.2) is 53.2 Å². The molecule has 0 spiro atoms. The first-order valence-corrected chi connectivity index (χ1v) is 10.4. The third-order valence-electron chi connectivity index (χ3n) is 4.20. The number of amides is 2. The van der Waals surface area contributed by atoms with Crippen LogP contribution < -0.4 is 15.4 Å². The average Bonchev–Trinajstić information content (AvgIpc) is 2.68. The SMILES string of the molecule is CC(C)[C@H](CC(=O)NCCOc1ccccc1)C(=O)N[C@@H](CC(=O)O)C(=O)CBr. The molecule has 9 heteroatoms. The van der Waals surface area contributed by atoms with Gasteiger partial charge in [-0.2, -0.15) is 0 Å². The molecular weight excluding hydrogens is 444 g/mol. The van der Waals surface area contributed by atoms with Crippen molar-refractivity contribution in [3.05, 3.63) is 30.3 Å². The van der Waals surface area contributed by atoms with Crippen LogP contribution in [0.1, 0.15) is 26.7 Å². The Kier molecular flexibility index (Phi) is 11.0. The van der Waals surface area contributed by atoms with E-state index in [1.165, 1.54) is 0 Å². The van der Waals surface area contributed by atoms with Crippen molar-refractivity contribution in [3.8, 4) is 5.75 Å². The Hall–Kier alpha value is -2.42. The van der Waals surface area contributed by atoms with Gasteiger partial charge in [-0.3, -0.25) is 19.2 Å². The van der Waals surface area contributed by atoms with Crippen molar-refractivity contribution in [2.45, 2.75) is 32.7 Å². The first kappa shape index (κ1) is 24.6. The second kappa shape index (κ2) is 12.9. The highest BCUT2D eigenvalue weighted by Crippen LogP contribution is 2.16. The maximum absolute atomic E-state index is 12.6. The van der Waals surface area contributed by atoms with Crippen LogP contribution in [0.4, 0.5) is 0 Å². The Balaban J connectivity index is 2.54. The van der Waals surface area contributed by atoms with E-state index in [0.717, 1.165) is 0 Å². The molecule has 1 aromatic rings. The first-order valence-electron chi connectivity index (χ1n) is 9.30. The largest absolute Gasteiger partial charge is 0.492 e. The van der Waals surface area contributed by atoms with Gasteiger partial charge in [-0.1, -0.05) is 48.0 Å². The van der Waals surface area contributed by atoms with Gasteiger partial charge < -0.3 is 20.5 Å². The Bertz CT molecular complexity index is 695. The number of carboxylic acids is 1. The molecule has 1 rings (SSSR count). The summed E-state index contributed by atoms with van der Waals surface area (Å²) in [6.45, 7) is 4.14. The summed E-state index contributed by atoms with van der Waals surface area (Å²) in [5.74, 6) is -2.64. The zero-order valence-corrected chi connectivity index (χ0v) is 18.1. The highest BCUT2D eigenvalue weighted by Gasteiger charge is 2.29. The molecule has 2 atom stereocenters. The fourth-order valence-electron chi connectivity index (χ4n) is 2.57. The molecule has 3 N–H and O–H groups in total. The molecule has 0 saturated heterocycles. The molecule has 0 unspecified atom stereocenters. The van der Waals surface area contributed by atoms with Crippen molar-refractivity contribution in [2.75, 3.05) is 18.5 Å². The quantitative estimate of drug-likeness (QED) is 0.298. The van der Waals surface area contributed by atoms with Gasteiger partial charge in [-0.15, -0.1) is 0 Å². The zero-order valence-electron chi connectivity index (χ0n) is 16.5. The van der Waals surface area contributed by atoms with Crippen LogP contribution in [0.5, 0.6) is 5.75 Å². The predicted molar refractivity (Wildman–Crippen MR) is 111 cm³/mol. The minimum absolute atomic E-state index is 0.0700. The van der Waals surface area contributed by atoms with Crippen LogP contribution in [0, 0.1) is 11.8 Å². The van der Waals surface area contributed by atoms with Gasteiger partial charge in [0.2, 0.25) is 11.8 Å². The minimum Gasteiger partial charge on any atom is -0.492 e. The Morgan fingerprint density at radius 1 is 1.10 bits per heavy atom. The van der Waals surface area contributed by atoms with Crippen molar-refractivity contribution >= 4 is 39.5 Å². The van der Waals surface area contributed by atoms with Crippen LogP contribution in [0.25, 0.3) is 0 Å². The van der Waals surface area contributed by atoms with E-state index in [1.807, 2.05) is 30.3 Å². The highest BCUT2D eigenvalue weighted by atomic mass is 79.9. The number of ether oxygens (including phenoxy) is 1. The number of hydrogen-bond acceptors (Lipinski definition) is 5. The van der Waals surface area contributed by atoms with Crippen LogP contribution in [-0.2, 0) is 19.2 Å². The smallest absolute Gasteiger partial charge is 0.305 e. The van der Waals surface area contributed by atoms with E-state index in [-0.39, 0.29) is 36.7 Å². The van der Waals surface area contributed by atoms with Gasteiger partial charge in [0.05, 0.1) is 24.3 Å². The van der Waals surface area contributed by atoms with Crippen LogP contribution in [0.15, 0.2) is 30.3 Å². The van der Waals surface area contributed by atoms with Gasteiger partial charge in [0.15, 0.2) is 5.78 Å². The maximum Gasteiger partial charge on any atom is 0.305 e. The van der Waals surface area contributed by atoms with Gasteiger partial charge >= 0.3 is 5.97 Å². The highest BCUT2D eigenvalue weighted by molar-refractivity contribution is 9.09. The number of carboxylic acid groups (broad SMARTS) is 1. The molecule has 0 fully saturated rings. The fraction of sp³-hybridized carbons (Fsp3) is 0.500. The molecule has 1 aromatic carbocycles. The zero-order chi connectivity index (χ0) is 21.8. The number of aliphatic carboxylic acids is 1. The fourth-order valence-corrected chi connectivity index (χ4v) is 2.96. The van der Waals surface area contributed by atoms with Gasteiger partial charge in [-0.05, 0) is 18.1 Å². The number of hydrogen-bond donors (Lipinski definition) is 3. The number of carbonyl (C=O) groups excluding carboxylic acids is 3.